The third kappa shape index (κ3) is 5.70. The van der Waals surface area contributed by atoms with Gasteiger partial charge in [0.15, 0.2) is 0 Å². The van der Waals surface area contributed by atoms with E-state index in [9.17, 15) is 9.90 Å². The Morgan fingerprint density at radius 1 is 1.45 bits per heavy atom. The maximum atomic E-state index is 12.2. The zero-order valence-electron chi connectivity index (χ0n) is 13.8. The molecule has 3 atom stereocenters. The average molecular weight is 284 g/mol. The molecule has 20 heavy (non-hydrogen) atoms. The van der Waals surface area contributed by atoms with Gasteiger partial charge in [-0.15, -0.1) is 0 Å². The zero-order valence-corrected chi connectivity index (χ0v) is 13.8. The topological polar surface area (TPSA) is 52.6 Å². The standard InChI is InChI=1S/C16H32N2O2/c1-12-7-6-8-14(9-12)18(5)15(20)17-11-16(3,4)10-13(2)19/h12-14,19H,6-11H2,1-5H3,(H,17,20). The Balaban J connectivity index is 2.41. The first kappa shape index (κ1) is 17.3. The molecule has 0 radical (unpaired) electrons. The van der Waals surface area contributed by atoms with Crippen molar-refractivity contribution in [2.24, 2.45) is 11.3 Å². The highest BCUT2D eigenvalue weighted by Gasteiger charge is 2.27. The Morgan fingerprint density at radius 2 is 2.10 bits per heavy atom. The van der Waals surface area contributed by atoms with Gasteiger partial charge >= 0.3 is 6.03 Å². The Bertz CT molecular complexity index is 316. The second kappa shape index (κ2) is 7.30. The number of nitrogens with zero attached hydrogens (tertiary/aromatic N) is 1. The molecule has 0 aromatic rings. The van der Waals surface area contributed by atoms with E-state index in [0.717, 1.165) is 18.8 Å². The van der Waals surface area contributed by atoms with Crippen LogP contribution in [0.4, 0.5) is 4.79 Å². The Labute approximate surface area is 123 Å². The molecule has 1 rings (SSSR count). The number of aliphatic hydroxyl groups is 1. The van der Waals surface area contributed by atoms with Crippen LogP contribution in [0.1, 0.15) is 59.8 Å². The number of rotatable bonds is 5. The van der Waals surface area contributed by atoms with Crippen LogP contribution in [-0.2, 0) is 0 Å². The third-order valence-electron chi connectivity index (χ3n) is 4.34. The van der Waals surface area contributed by atoms with E-state index in [-0.39, 0.29) is 17.6 Å². The zero-order chi connectivity index (χ0) is 15.3. The molecule has 118 valence electrons. The summed E-state index contributed by atoms with van der Waals surface area (Å²) in [6, 6.07) is 0.390. The van der Waals surface area contributed by atoms with Gasteiger partial charge in [-0.2, -0.15) is 0 Å². The van der Waals surface area contributed by atoms with E-state index in [1.54, 1.807) is 6.92 Å². The molecular weight excluding hydrogens is 252 g/mol. The van der Waals surface area contributed by atoms with Gasteiger partial charge in [-0.25, -0.2) is 4.79 Å². The average Bonchev–Trinajstić information content (AvgIpc) is 2.33. The van der Waals surface area contributed by atoms with Gasteiger partial charge < -0.3 is 15.3 Å². The Morgan fingerprint density at radius 3 is 2.65 bits per heavy atom. The fourth-order valence-corrected chi connectivity index (χ4v) is 3.23. The molecule has 4 nitrogen and oxygen atoms in total. The normalized spacial score (nSPS) is 25.1. The number of carbonyl (C=O) groups is 1. The Kier molecular flexibility index (Phi) is 6.31. The molecule has 3 unspecified atom stereocenters. The second-order valence-corrected chi connectivity index (χ2v) is 7.41. The van der Waals surface area contributed by atoms with E-state index in [0.29, 0.717) is 19.0 Å². The summed E-state index contributed by atoms with van der Waals surface area (Å²) in [6.45, 7) is 8.80. The predicted octanol–water partition coefficient (Wildman–Crippen LogP) is 3.00. The van der Waals surface area contributed by atoms with Crippen LogP contribution < -0.4 is 5.32 Å². The fraction of sp³-hybridized carbons (Fsp3) is 0.938. The summed E-state index contributed by atoms with van der Waals surface area (Å²) in [5, 5.41) is 12.5. The highest BCUT2D eigenvalue weighted by Crippen LogP contribution is 2.27. The number of urea groups is 1. The lowest BCUT2D eigenvalue weighted by Crippen LogP contribution is -2.47. The molecule has 2 N–H and O–H groups in total. The minimum Gasteiger partial charge on any atom is -0.393 e. The van der Waals surface area contributed by atoms with Crippen LogP contribution in [0.3, 0.4) is 0 Å². The minimum atomic E-state index is -0.334. The van der Waals surface area contributed by atoms with Gasteiger partial charge in [0.1, 0.15) is 0 Å². The molecule has 0 spiro atoms. The summed E-state index contributed by atoms with van der Waals surface area (Å²) in [5.74, 6) is 0.718. The SMILES string of the molecule is CC(O)CC(C)(C)CNC(=O)N(C)C1CCCC(C)C1. The largest absolute Gasteiger partial charge is 0.393 e. The third-order valence-corrected chi connectivity index (χ3v) is 4.34. The van der Waals surface area contributed by atoms with Crippen LogP contribution in [0.25, 0.3) is 0 Å². The van der Waals surface area contributed by atoms with E-state index in [4.69, 9.17) is 0 Å². The first-order valence-corrected chi connectivity index (χ1v) is 7.90. The molecule has 1 saturated carbocycles. The number of hydrogen-bond acceptors (Lipinski definition) is 2. The van der Waals surface area contributed by atoms with Crippen LogP contribution in [0.5, 0.6) is 0 Å². The molecule has 1 aliphatic rings. The van der Waals surface area contributed by atoms with Crippen molar-refractivity contribution in [3.63, 3.8) is 0 Å². The number of hydrogen-bond donors (Lipinski definition) is 2. The molecule has 0 heterocycles. The van der Waals surface area contributed by atoms with E-state index in [2.05, 4.69) is 26.1 Å². The summed E-state index contributed by atoms with van der Waals surface area (Å²) in [5.41, 5.74) is -0.0788. The number of aliphatic hydroxyl groups excluding tert-OH is 1. The highest BCUT2D eigenvalue weighted by molar-refractivity contribution is 5.74. The van der Waals surface area contributed by atoms with Gasteiger partial charge in [-0.05, 0) is 37.5 Å². The van der Waals surface area contributed by atoms with Gasteiger partial charge in [-0.3, -0.25) is 0 Å². The van der Waals surface area contributed by atoms with Crippen LogP contribution in [0.2, 0.25) is 0 Å². The van der Waals surface area contributed by atoms with Crippen molar-refractivity contribution in [2.75, 3.05) is 13.6 Å². The fourth-order valence-electron chi connectivity index (χ4n) is 3.23. The van der Waals surface area contributed by atoms with Crippen LogP contribution in [0, 0.1) is 11.3 Å². The number of nitrogens with one attached hydrogen (secondary N) is 1. The van der Waals surface area contributed by atoms with Crippen LogP contribution >= 0.6 is 0 Å². The molecule has 0 saturated heterocycles. The molecular formula is C16H32N2O2. The first-order valence-electron chi connectivity index (χ1n) is 7.90. The van der Waals surface area contributed by atoms with Crippen molar-refractivity contribution in [2.45, 2.75) is 71.9 Å². The van der Waals surface area contributed by atoms with E-state index < -0.39 is 0 Å². The number of amides is 2. The van der Waals surface area contributed by atoms with Crippen LogP contribution in [0.15, 0.2) is 0 Å². The molecule has 1 fully saturated rings. The second-order valence-electron chi connectivity index (χ2n) is 7.41. The summed E-state index contributed by atoms with van der Waals surface area (Å²) < 4.78 is 0. The number of carbonyl (C=O) groups excluding carboxylic acids is 1. The molecule has 4 heteroatoms. The lowest BCUT2D eigenvalue weighted by Gasteiger charge is -2.35. The molecule has 2 amide bonds. The van der Waals surface area contributed by atoms with Gasteiger partial charge in [0.05, 0.1) is 6.10 Å². The smallest absolute Gasteiger partial charge is 0.317 e. The molecule has 0 aromatic carbocycles. The Hall–Kier alpha value is -0.770. The van der Waals surface area contributed by atoms with Gasteiger partial charge in [-0.1, -0.05) is 33.6 Å². The van der Waals surface area contributed by atoms with Gasteiger partial charge in [0.25, 0.3) is 0 Å². The van der Waals surface area contributed by atoms with Crippen molar-refractivity contribution in [3.8, 4) is 0 Å². The van der Waals surface area contributed by atoms with Crippen molar-refractivity contribution >= 4 is 6.03 Å². The highest BCUT2D eigenvalue weighted by atomic mass is 16.3. The van der Waals surface area contributed by atoms with E-state index in [1.165, 1.54) is 12.8 Å². The maximum absolute atomic E-state index is 12.2. The van der Waals surface area contributed by atoms with Crippen molar-refractivity contribution in [3.05, 3.63) is 0 Å². The summed E-state index contributed by atoms with van der Waals surface area (Å²) in [4.78, 5) is 14.1. The molecule has 0 bridgehead atoms. The predicted molar refractivity (Wildman–Crippen MR) is 82.7 cm³/mol. The maximum Gasteiger partial charge on any atom is 0.317 e. The van der Waals surface area contributed by atoms with Crippen molar-refractivity contribution < 1.29 is 9.90 Å². The first-order chi connectivity index (χ1) is 9.21. The molecule has 1 aliphatic carbocycles. The molecule has 0 aliphatic heterocycles. The van der Waals surface area contributed by atoms with Gasteiger partial charge in [0.2, 0.25) is 0 Å². The van der Waals surface area contributed by atoms with Crippen LogP contribution in [-0.4, -0.2) is 41.8 Å². The molecule has 0 aromatic heterocycles. The van der Waals surface area contributed by atoms with E-state index >= 15 is 0 Å². The lowest BCUT2D eigenvalue weighted by atomic mass is 9.86. The summed E-state index contributed by atoms with van der Waals surface area (Å²) in [7, 11) is 1.90. The van der Waals surface area contributed by atoms with Crippen molar-refractivity contribution in [1.82, 2.24) is 10.2 Å². The van der Waals surface area contributed by atoms with Gasteiger partial charge in [0, 0.05) is 19.6 Å². The lowest BCUT2D eigenvalue weighted by molar-refractivity contribution is 0.123. The quantitative estimate of drug-likeness (QED) is 0.815. The summed E-state index contributed by atoms with van der Waals surface area (Å²) in [6.07, 6.45) is 5.09. The monoisotopic (exact) mass is 284 g/mol. The van der Waals surface area contributed by atoms with E-state index in [1.807, 2.05) is 11.9 Å². The van der Waals surface area contributed by atoms with Crippen molar-refractivity contribution in [1.29, 1.82) is 0 Å². The summed E-state index contributed by atoms with van der Waals surface area (Å²) >= 11 is 0. The minimum absolute atomic E-state index is 0.0165.